The van der Waals surface area contributed by atoms with E-state index in [1.165, 1.54) is 0 Å². The SMILES string of the molecule is C[SiH2]COC=O. The van der Waals surface area contributed by atoms with Gasteiger partial charge >= 0.3 is 0 Å². The molecule has 0 saturated heterocycles. The molecule has 2 nitrogen and oxygen atoms in total. The Morgan fingerprint density at radius 1 is 2.00 bits per heavy atom. The average molecular weight is 104 g/mol. The highest BCUT2D eigenvalue weighted by Gasteiger charge is 1.73. The lowest BCUT2D eigenvalue weighted by molar-refractivity contribution is -0.126. The first-order valence-corrected chi connectivity index (χ1v) is 4.38. The van der Waals surface area contributed by atoms with Crippen LogP contribution in [-0.2, 0) is 9.53 Å². The van der Waals surface area contributed by atoms with Crippen molar-refractivity contribution in [2.24, 2.45) is 0 Å². The molecule has 0 fully saturated rings. The van der Waals surface area contributed by atoms with Crippen molar-refractivity contribution in [1.82, 2.24) is 0 Å². The van der Waals surface area contributed by atoms with Crippen LogP contribution in [0.1, 0.15) is 0 Å². The lowest BCUT2D eigenvalue weighted by Crippen LogP contribution is -1.95. The minimum Gasteiger partial charge on any atom is -0.472 e. The van der Waals surface area contributed by atoms with Crippen LogP contribution in [0.25, 0.3) is 0 Å². The van der Waals surface area contributed by atoms with E-state index in [2.05, 4.69) is 11.3 Å². The van der Waals surface area contributed by atoms with E-state index < -0.39 is 0 Å². The first-order valence-electron chi connectivity index (χ1n) is 1.97. The van der Waals surface area contributed by atoms with Gasteiger partial charge < -0.3 is 4.74 Å². The molecule has 0 aliphatic rings. The molecule has 3 heteroatoms. The van der Waals surface area contributed by atoms with Gasteiger partial charge in [0.05, 0.1) is 15.7 Å². The van der Waals surface area contributed by atoms with Crippen LogP contribution in [0.15, 0.2) is 0 Å². The second-order valence-corrected chi connectivity index (χ2v) is 2.38. The van der Waals surface area contributed by atoms with Crippen LogP contribution in [0.3, 0.4) is 0 Å². The molecule has 0 aromatic heterocycles. The summed E-state index contributed by atoms with van der Waals surface area (Å²) in [6, 6.07) is 0. The third-order valence-electron chi connectivity index (χ3n) is 0.390. The number of hydrogen-bond acceptors (Lipinski definition) is 2. The highest BCUT2D eigenvalue weighted by Crippen LogP contribution is 1.59. The summed E-state index contributed by atoms with van der Waals surface area (Å²) in [7, 11) is -0.0505. The first kappa shape index (κ1) is 5.69. The fourth-order valence-electron chi connectivity index (χ4n) is 0.166. The average Bonchev–Trinajstić information content (AvgIpc) is 1.61. The fraction of sp³-hybridized carbons (Fsp3) is 0.667. The molecule has 0 N–H and O–H groups in total. The van der Waals surface area contributed by atoms with E-state index in [9.17, 15) is 4.79 Å². The van der Waals surface area contributed by atoms with E-state index in [4.69, 9.17) is 0 Å². The summed E-state index contributed by atoms with van der Waals surface area (Å²) >= 11 is 0. The van der Waals surface area contributed by atoms with Crippen molar-refractivity contribution < 1.29 is 9.53 Å². The Labute approximate surface area is 39.3 Å². The van der Waals surface area contributed by atoms with Crippen LogP contribution in [-0.4, -0.2) is 22.2 Å². The molecular weight excluding hydrogens is 96.1 g/mol. The summed E-state index contributed by atoms with van der Waals surface area (Å²) in [5.74, 6) is 0. The van der Waals surface area contributed by atoms with Crippen LogP contribution < -0.4 is 0 Å². The van der Waals surface area contributed by atoms with Crippen molar-refractivity contribution in [3.05, 3.63) is 0 Å². The molecule has 0 aliphatic carbocycles. The van der Waals surface area contributed by atoms with Crippen molar-refractivity contribution in [2.45, 2.75) is 6.55 Å². The minimum atomic E-state index is -0.0505. The van der Waals surface area contributed by atoms with Crippen molar-refractivity contribution in [1.29, 1.82) is 0 Å². The lowest BCUT2D eigenvalue weighted by atomic mass is 11.5. The molecule has 0 unspecified atom stereocenters. The van der Waals surface area contributed by atoms with Gasteiger partial charge in [0.25, 0.3) is 6.47 Å². The normalized spacial score (nSPS) is 9.50. The second-order valence-electron chi connectivity index (χ2n) is 0.967. The molecular formula is C3H8O2Si. The maximum absolute atomic E-state index is 9.36. The number of hydrogen-bond donors (Lipinski definition) is 0. The zero-order valence-electron chi connectivity index (χ0n) is 3.81. The van der Waals surface area contributed by atoms with Gasteiger partial charge in [-0.25, -0.2) is 0 Å². The molecule has 0 aliphatic heterocycles. The molecule has 0 radical (unpaired) electrons. The Morgan fingerprint density at radius 2 is 2.67 bits per heavy atom. The molecule has 0 saturated carbocycles. The van der Waals surface area contributed by atoms with Gasteiger partial charge in [0.15, 0.2) is 0 Å². The molecule has 0 heterocycles. The van der Waals surface area contributed by atoms with Crippen molar-refractivity contribution in [3.8, 4) is 0 Å². The van der Waals surface area contributed by atoms with E-state index in [0.29, 0.717) is 12.7 Å². The quantitative estimate of drug-likeness (QED) is 0.270. The predicted octanol–water partition coefficient (Wildman–Crippen LogP) is -0.666. The summed E-state index contributed by atoms with van der Waals surface area (Å²) in [5, 5.41) is 0. The predicted molar refractivity (Wildman–Crippen MR) is 26.4 cm³/mol. The van der Waals surface area contributed by atoms with Crippen molar-refractivity contribution in [3.63, 3.8) is 0 Å². The Hall–Kier alpha value is -0.313. The standard InChI is InChI=1S/C3H8O2Si/c1-6-3-5-2-4/h2H,3,6H2,1H3. The lowest BCUT2D eigenvalue weighted by Gasteiger charge is -1.85. The molecule has 6 heavy (non-hydrogen) atoms. The minimum absolute atomic E-state index is 0.0505. The molecule has 36 valence electrons. The number of rotatable bonds is 3. The van der Waals surface area contributed by atoms with Crippen molar-refractivity contribution >= 4 is 16.0 Å². The third kappa shape index (κ3) is 3.69. The van der Waals surface area contributed by atoms with E-state index in [0.717, 1.165) is 0 Å². The molecule has 0 aromatic carbocycles. The Bertz CT molecular complexity index is 37.8. The highest BCUT2D eigenvalue weighted by atomic mass is 28.2. The van der Waals surface area contributed by atoms with E-state index in [-0.39, 0.29) is 9.52 Å². The first-order chi connectivity index (χ1) is 2.91. The topological polar surface area (TPSA) is 26.3 Å². The van der Waals surface area contributed by atoms with Crippen LogP contribution in [0.5, 0.6) is 0 Å². The smallest absolute Gasteiger partial charge is 0.292 e. The van der Waals surface area contributed by atoms with E-state index in [1.54, 1.807) is 0 Å². The largest absolute Gasteiger partial charge is 0.472 e. The summed E-state index contributed by atoms with van der Waals surface area (Å²) in [6.45, 7) is 2.58. The van der Waals surface area contributed by atoms with Crippen LogP contribution in [0, 0.1) is 0 Å². The molecule has 0 atom stereocenters. The summed E-state index contributed by atoms with van der Waals surface area (Å²) in [4.78, 5) is 9.36. The van der Waals surface area contributed by atoms with E-state index in [1.807, 2.05) is 0 Å². The molecule has 0 bridgehead atoms. The van der Waals surface area contributed by atoms with Gasteiger partial charge in [0, 0.05) is 0 Å². The third-order valence-corrected chi connectivity index (χ3v) is 1.03. The molecule has 0 amide bonds. The zero-order valence-corrected chi connectivity index (χ0v) is 5.22. The molecule has 0 rings (SSSR count). The van der Waals surface area contributed by atoms with Gasteiger partial charge in [-0.05, 0) is 0 Å². The Balaban J connectivity index is 2.49. The summed E-state index contributed by atoms with van der Waals surface area (Å²) < 4.78 is 4.36. The number of carbonyl (C=O) groups is 1. The monoisotopic (exact) mass is 104 g/mol. The maximum Gasteiger partial charge on any atom is 0.292 e. The van der Waals surface area contributed by atoms with Gasteiger partial charge in [0.1, 0.15) is 0 Å². The Kier molecular flexibility index (Phi) is 4.44. The summed E-state index contributed by atoms with van der Waals surface area (Å²) in [5.41, 5.74) is 0. The van der Waals surface area contributed by atoms with Gasteiger partial charge in [-0.2, -0.15) is 0 Å². The van der Waals surface area contributed by atoms with Crippen LogP contribution in [0.2, 0.25) is 6.55 Å². The Morgan fingerprint density at radius 3 is 2.83 bits per heavy atom. The highest BCUT2D eigenvalue weighted by molar-refractivity contribution is 6.33. The number of ether oxygens (including phenoxy) is 1. The van der Waals surface area contributed by atoms with Gasteiger partial charge in [0.2, 0.25) is 0 Å². The number of carbonyl (C=O) groups excluding carboxylic acids is 1. The maximum atomic E-state index is 9.36. The van der Waals surface area contributed by atoms with Crippen LogP contribution in [0.4, 0.5) is 0 Å². The van der Waals surface area contributed by atoms with Gasteiger partial charge in [-0.3, -0.25) is 4.79 Å². The molecule has 0 aromatic rings. The zero-order chi connectivity index (χ0) is 4.83. The van der Waals surface area contributed by atoms with Crippen molar-refractivity contribution in [2.75, 3.05) is 6.23 Å². The summed E-state index contributed by atoms with van der Waals surface area (Å²) in [6.07, 6.45) is 0.684. The van der Waals surface area contributed by atoms with Crippen LogP contribution >= 0.6 is 0 Å². The fourth-order valence-corrected chi connectivity index (χ4v) is 0.498. The molecule has 0 spiro atoms. The van der Waals surface area contributed by atoms with Gasteiger partial charge in [-0.1, -0.05) is 6.55 Å². The van der Waals surface area contributed by atoms with Gasteiger partial charge in [-0.15, -0.1) is 0 Å². The van der Waals surface area contributed by atoms with E-state index >= 15 is 0 Å². The second kappa shape index (κ2) is 4.69.